The first-order valence-electron chi connectivity index (χ1n) is 5.80. The van der Waals surface area contributed by atoms with Gasteiger partial charge in [0.1, 0.15) is 11.6 Å². The Labute approximate surface area is 104 Å². The van der Waals surface area contributed by atoms with Gasteiger partial charge < -0.3 is 10.3 Å². The predicted molar refractivity (Wildman–Crippen MR) is 70.2 cm³/mol. The number of nitrogens with zero attached hydrogens (tertiary/aromatic N) is 3. The summed E-state index contributed by atoms with van der Waals surface area (Å²) in [7, 11) is 0. The number of benzene rings is 1. The fraction of sp³-hybridized carbons (Fsp3) is 0.154. The molecule has 0 radical (unpaired) electrons. The van der Waals surface area contributed by atoms with Gasteiger partial charge in [-0.05, 0) is 19.1 Å². The summed E-state index contributed by atoms with van der Waals surface area (Å²) in [5, 5.41) is 3.27. The second kappa shape index (κ2) is 4.44. The molecule has 1 aromatic carbocycles. The number of para-hydroxylation sites is 2. The number of H-pyrrole nitrogens is 1. The number of fused-ring (bicyclic) bond motifs is 1. The topological polar surface area (TPSA) is 66.5 Å². The summed E-state index contributed by atoms with van der Waals surface area (Å²) in [5.41, 5.74) is 1.78. The van der Waals surface area contributed by atoms with E-state index in [1.54, 1.807) is 18.6 Å². The molecule has 2 heterocycles. The van der Waals surface area contributed by atoms with E-state index in [9.17, 15) is 0 Å². The number of aromatic nitrogens is 4. The van der Waals surface area contributed by atoms with E-state index >= 15 is 0 Å². The minimum Gasteiger partial charge on any atom is -0.359 e. The molecule has 0 aliphatic heterocycles. The molecule has 0 fully saturated rings. The van der Waals surface area contributed by atoms with Crippen molar-refractivity contribution in [2.24, 2.45) is 0 Å². The second-order valence-electron chi connectivity index (χ2n) is 4.08. The van der Waals surface area contributed by atoms with Gasteiger partial charge in [0.25, 0.3) is 0 Å². The Bertz CT molecular complexity index is 647. The van der Waals surface area contributed by atoms with E-state index < -0.39 is 0 Å². The summed E-state index contributed by atoms with van der Waals surface area (Å²) < 4.78 is 0. The van der Waals surface area contributed by atoms with Crippen molar-refractivity contribution in [2.75, 3.05) is 5.32 Å². The molecule has 5 heteroatoms. The number of imidazole rings is 1. The number of nitrogens with one attached hydrogen (secondary N) is 2. The third-order valence-electron chi connectivity index (χ3n) is 2.74. The first-order valence-corrected chi connectivity index (χ1v) is 5.80. The van der Waals surface area contributed by atoms with E-state index in [1.807, 2.05) is 31.2 Å². The Kier molecular flexibility index (Phi) is 2.64. The molecule has 18 heavy (non-hydrogen) atoms. The fourth-order valence-electron chi connectivity index (χ4n) is 1.83. The summed E-state index contributed by atoms with van der Waals surface area (Å²) in [5.74, 6) is 1.63. The third-order valence-corrected chi connectivity index (χ3v) is 2.74. The molecule has 0 amide bonds. The lowest BCUT2D eigenvalue weighted by atomic mass is 10.3. The molecule has 5 nitrogen and oxygen atoms in total. The Hall–Kier alpha value is -2.43. The summed E-state index contributed by atoms with van der Waals surface area (Å²) in [6, 6.07) is 7.87. The van der Waals surface area contributed by atoms with Gasteiger partial charge in [-0.1, -0.05) is 12.1 Å². The van der Waals surface area contributed by atoms with Crippen molar-refractivity contribution < 1.29 is 0 Å². The molecule has 0 bridgehead atoms. The molecule has 3 rings (SSSR count). The van der Waals surface area contributed by atoms with E-state index in [2.05, 4.69) is 25.3 Å². The van der Waals surface area contributed by atoms with Crippen molar-refractivity contribution in [2.45, 2.75) is 13.0 Å². The minimum absolute atomic E-state index is 0.0652. The van der Waals surface area contributed by atoms with Gasteiger partial charge in [-0.25, -0.2) is 9.97 Å². The highest BCUT2D eigenvalue weighted by molar-refractivity contribution is 5.75. The molecular formula is C13H13N5. The summed E-state index contributed by atoms with van der Waals surface area (Å²) in [6.45, 7) is 2.02. The molecule has 3 aromatic rings. The molecule has 0 saturated heterocycles. The Morgan fingerprint density at radius 2 is 2.00 bits per heavy atom. The number of rotatable bonds is 3. The molecule has 1 unspecified atom stereocenters. The van der Waals surface area contributed by atoms with Crippen LogP contribution < -0.4 is 5.32 Å². The van der Waals surface area contributed by atoms with E-state index in [1.165, 1.54) is 0 Å². The minimum atomic E-state index is 0.0652. The zero-order valence-electron chi connectivity index (χ0n) is 9.96. The predicted octanol–water partition coefficient (Wildman–Crippen LogP) is 2.53. The van der Waals surface area contributed by atoms with Crippen LogP contribution >= 0.6 is 0 Å². The average Bonchev–Trinajstić information content (AvgIpc) is 2.92. The van der Waals surface area contributed by atoms with Gasteiger partial charge in [-0.3, -0.25) is 4.98 Å². The van der Waals surface area contributed by atoms with Gasteiger partial charge in [-0.15, -0.1) is 0 Å². The van der Waals surface area contributed by atoms with Crippen LogP contribution in [-0.2, 0) is 0 Å². The lowest BCUT2D eigenvalue weighted by Gasteiger charge is -2.11. The van der Waals surface area contributed by atoms with Gasteiger partial charge in [0.15, 0.2) is 0 Å². The zero-order valence-corrected chi connectivity index (χ0v) is 9.96. The summed E-state index contributed by atoms with van der Waals surface area (Å²) in [6.07, 6.45) is 5.28. The standard InChI is InChI=1S/C13H13N5/c1-9(13-14-6-7-15-13)17-12-8-16-10-4-2-3-5-11(10)18-12/h2-9H,1H3,(H,14,15)(H,17,18). The van der Waals surface area contributed by atoms with Crippen LogP contribution in [0.25, 0.3) is 11.0 Å². The summed E-state index contributed by atoms with van der Waals surface area (Å²) in [4.78, 5) is 16.2. The van der Waals surface area contributed by atoms with Crippen LogP contribution in [0, 0.1) is 0 Å². The molecule has 0 aliphatic rings. The Morgan fingerprint density at radius 1 is 1.17 bits per heavy atom. The monoisotopic (exact) mass is 239 g/mol. The van der Waals surface area contributed by atoms with Gasteiger partial charge in [0.05, 0.1) is 23.3 Å². The van der Waals surface area contributed by atoms with E-state index in [0.29, 0.717) is 0 Å². The van der Waals surface area contributed by atoms with Gasteiger partial charge in [0, 0.05) is 12.4 Å². The maximum absolute atomic E-state index is 4.51. The maximum Gasteiger partial charge on any atom is 0.145 e. The van der Waals surface area contributed by atoms with Crippen LogP contribution in [0.4, 0.5) is 5.82 Å². The summed E-state index contributed by atoms with van der Waals surface area (Å²) >= 11 is 0. The highest BCUT2D eigenvalue weighted by Crippen LogP contribution is 2.16. The molecule has 0 saturated carbocycles. The van der Waals surface area contributed by atoms with Gasteiger partial charge in [-0.2, -0.15) is 0 Å². The van der Waals surface area contributed by atoms with Crippen LogP contribution in [0.2, 0.25) is 0 Å². The average molecular weight is 239 g/mol. The first-order chi connectivity index (χ1) is 8.83. The lowest BCUT2D eigenvalue weighted by molar-refractivity contribution is 0.804. The first kappa shape index (κ1) is 10.7. The largest absolute Gasteiger partial charge is 0.359 e. The Morgan fingerprint density at radius 3 is 2.78 bits per heavy atom. The molecule has 90 valence electrons. The van der Waals surface area contributed by atoms with Crippen molar-refractivity contribution in [1.29, 1.82) is 0 Å². The molecule has 2 N–H and O–H groups in total. The molecular weight excluding hydrogens is 226 g/mol. The van der Waals surface area contributed by atoms with Crippen LogP contribution in [0.1, 0.15) is 18.8 Å². The van der Waals surface area contributed by atoms with Crippen molar-refractivity contribution in [1.82, 2.24) is 19.9 Å². The highest BCUT2D eigenvalue weighted by atomic mass is 15.1. The Balaban J connectivity index is 1.86. The third kappa shape index (κ3) is 2.02. The lowest BCUT2D eigenvalue weighted by Crippen LogP contribution is -2.09. The fourth-order valence-corrected chi connectivity index (χ4v) is 1.83. The second-order valence-corrected chi connectivity index (χ2v) is 4.08. The van der Waals surface area contributed by atoms with Crippen LogP contribution in [0.3, 0.4) is 0 Å². The molecule has 0 aliphatic carbocycles. The quantitative estimate of drug-likeness (QED) is 0.737. The molecule has 1 atom stereocenters. The number of anilines is 1. The number of hydrogen-bond acceptors (Lipinski definition) is 4. The molecule has 2 aromatic heterocycles. The number of aromatic amines is 1. The zero-order chi connectivity index (χ0) is 12.4. The van der Waals surface area contributed by atoms with Gasteiger partial charge in [0.2, 0.25) is 0 Å². The smallest absolute Gasteiger partial charge is 0.145 e. The van der Waals surface area contributed by atoms with E-state index in [4.69, 9.17) is 0 Å². The van der Waals surface area contributed by atoms with E-state index in [0.717, 1.165) is 22.7 Å². The normalized spacial score (nSPS) is 12.5. The van der Waals surface area contributed by atoms with Gasteiger partial charge >= 0.3 is 0 Å². The highest BCUT2D eigenvalue weighted by Gasteiger charge is 2.08. The van der Waals surface area contributed by atoms with Crippen molar-refractivity contribution in [3.63, 3.8) is 0 Å². The van der Waals surface area contributed by atoms with Crippen molar-refractivity contribution >= 4 is 16.9 Å². The van der Waals surface area contributed by atoms with E-state index in [-0.39, 0.29) is 6.04 Å². The molecule has 0 spiro atoms. The van der Waals surface area contributed by atoms with Crippen molar-refractivity contribution in [3.8, 4) is 0 Å². The number of hydrogen-bond donors (Lipinski definition) is 2. The van der Waals surface area contributed by atoms with Crippen LogP contribution in [0.5, 0.6) is 0 Å². The van der Waals surface area contributed by atoms with Crippen LogP contribution in [-0.4, -0.2) is 19.9 Å². The maximum atomic E-state index is 4.51. The van der Waals surface area contributed by atoms with Crippen molar-refractivity contribution in [3.05, 3.63) is 48.7 Å². The van der Waals surface area contributed by atoms with Crippen LogP contribution in [0.15, 0.2) is 42.9 Å². The SMILES string of the molecule is CC(Nc1cnc2ccccc2n1)c1ncc[nH]1.